The number of aliphatic hydroxyl groups excluding tert-OH is 1. The van der Waals surface area contributed by atoms with Crippen LogP contribution in [0.5, 0.6) is 0 Å². The van der Waals surface area contributed by atoms with E-state index in [-0.39, 0.29) is 18.1 Å². The van der Waals surface area contributed by atoms with Gasteiger partial charge in [0.05, 0.1) is 12.1 Å². The van der Waals surface area contributed by atoms with E-state index in [0.717, 1.165) is 36.9 Å². The number of hydrogen-bond acceptors (Lipinski definition) is 3. The van der Waals surface area contributed by atoms with E-state index in [2.05, 4.69) is 5.32 Å². The number of hydrogen-bond donors (Lipinski definition) is 3. The maximum atomic E-state index is 11.9. The second-order valence-corrected chi connectivity index (χ2v) is 5.27. The van der Waals surface area contributed by atoms with Crippen molar-refractivity contribution in [3.63, 3.8) is 0 Å². The third-order valence-corrected chi connectivity index (χ3v) is 3.70. The molecule has 0 aliphatic heterocycles. The van der Waals surface area contributed by atoms with Crippen molar-refractivity contribution in [3.8, 4) is 0 Å². The number of aliphatic hydroxyl groups is 1. The van der Waals surface area contributed by atoms with Crippen molar-refractivity contribution in [1.29, 1.82) is 0 Å². The molecule has 4 heteroatoms. The summed E-state index contributed by atoms with van der Waals surface area (Å²) in [6.07, 6.45) is 4.59. The van der Waals surface area contributed by atoms with E-state index in [1.54, 1.807) is 0 Å². The van der Waals surface area contributed by atoms with Gasteiger partial charge < -0.3 is 16.2 Å². The fourth-order valence-electron chi connectivity index (χ4n) is 2.50. The maximum absolute atomic E-state index is 11.9. The molecule has 1 saturated carbocycles. The molecule has 4 nitrogen and oxygen atoms in total. The molecule has 0 aromatic heterocycles. The molecule has 2 rings (SSSR count). The lowest BCUT2D eigenvalue weighted by atomic mass is 9.92. The number of amides is 1. The fraction of sp³-hybridized carbons (Fsp3) is 0.533. The molecule has 0 spiro atoms. The lowest BCUT2D eigenvalue weighted by Gasteiger charge is -2.28. The van der Waals surface area contributed by atoms with E-state index in [1.807, 2.05) is 24.3 Å². The standard InChI is InChI=1S/C15H22N2O2/c16-12-8-5-11(6-9-12)7-10-15(19)17-13-3-1-2-4-14(13)18/h5-6,8-9,13-14,18H,1-4,7,10,16H2,(H,17,19)/t13-,14-/m1/s1. The Labute approximate surface area is 114 Å². The Bertz CT molecular complexity index is 417. The lowest BCUT2D eigenvalue weighted by molar-refractivity contribution is -0.123. The smallest absolute Gasteiger partial charge is 0.220 e. The highest BCUT2D eigenvalue weighted by Crippen LogP contribution is 2.18. The summed E-state index contributed by atoms with van der Waals surface area (Å²) >= 11 is 0. The van der Waals surface area contributed by atoms with Crippen LogP contribution in [0.4, 0.5) is 5.69 Å². The first-order valence-corrected chi connectivity index (χ1v) is 6.97. The summed E-state index contributed by atoms with van der Waals surface area (Å²) in [5.74, 6) is 0.0165. The molecular formula is C15H22N2O2. The van der Waals surface area contributed by atoms with E-state index in [0.29, 0.717) is 12.8 Å². The van der Waals surface area contributed by atoms with E-state index in [4.69, 9.17) is 5.73 Å². The molecule has 1 aliphatic carbocycles. The zero-order valence-electron chi connectivity index (χ0n) is 11.1. The van der Waals surface area contributed by atoms with Crippen molar-refractivity contribution < 1.29 is 9.90 Å². The van der Waals surface area contributed by atoms with E-state index in [1.165, 1.54) is 0 Å². The number of carbonyl (C=O) groups is 1. The molecular weight excluding hydrogens is 240 g/mol. The van der Waals surface area contributed by atoms with Crippen molar-refractivity contribution in [2.24, 2.45) is 0 Å². The lowest BCUT2D eigenvalue weighted by Crippen LogP contribution is -2.45. The zero-order chi connectivity index (χ0) is 13.7. The monoisotopic (exact) mass is 262 g/mol. The number of anilines is 1. The summed E-state index contributed by atoms with van der Waals surface area (Å²) in [5.41, 5.74) is 7.45. The van der Waals surface area contributed by atoms with Gasteiger partial charge in [0.15, 0.2) is 0 Å². The second-order valence-electron chi connectivity index (χ2n) is 5.27. The summed E-state index contributed by atoms with van der Waals surface area (Å²) < 4.78 is 0. The molecule has 0 heterocycles. The summed E-state index contributed by atoms with van der Waals surface area (Å²) in [7, 11) is 0. The summed E-state index contributed by atoms with van der Waals surface area (Å²) in [6.45, 7) is 0. The Balaban J connectivity index is 1.76. The van der Waals surface area contributed by atoms with Gasteiger partial charge in [-0.1, -0.05) is 25.0 Å². The molecule has 0 radical (unpaired) electrons. The third-order valence-electron chi connectivity index (χ3n) is 3.70. The van der Waals surface area contributed by atoms with Crippen molar-refractivity contribution in [2.45, 2.75) is 50.7 Å². The second kappa shape index (κ2) is 6.57. The molecule has 2 atom stereocenters. The minimum Gasteiger partial charge on any atom is -0.399 e. The van der Waals surface area contributed by atoms with Crippen LogP contribution in [-0.2, 0) is 11.2 Å². The number of nitrogens with two attached hydrogens (primary N) is 1. The third kappa shape index (κ3) is 4.24. The van der Waals surface area contributed by atoms with Gasteiger partial charge in [0.25, 0.3) is 0 Å². The van der Waals surface area contributed by atoms with Crippen LogP contribution in [0.2, 0.25) is 0 Å². The minimum atomic E-state index is -0.380. The Morgan fingerprint density at radius 1 is 1.26 bits per heavy atom. The summed E-state index contributed by atoms with van der Waals surface area (Å²) in [6, 6.07) is 7.51. The van der Waals surface area contributed by atoms with Crippen LogP contribution < -0.4 is 11.1 Å². The van der Waals surface area contributed by atoms with Crippen LogP contribution in [0.1, 0.15) is 37.7 Å². The van der Waals surface area contributed by atoms with Gasteiger partial charge in [-0.25, -0.2) is 0 Å². The van der Waals surface area contributed by atoms with Crippen LogP contribution in [-0.4, -0.2) is 23.2 Å². The predicted molar refractivity (Wildman–Crippen MR) is 75.6 cm³/mol. The quantitative estimate of drug-likeness (QED) is 0.722. The number of rotatable bonds is 4. The van der Waals surface area contributed by atoms with Crippen molar-refractivity contribution in [2.75, 3.05) is 5.73 Å². The van der Waals surface area contributed by atoms with E-state index < -0.39 is 0 Å². The molecule has 19 heavy (non-hydrogen) atoms. The number of nitrogens with one attached hydrogen (secondary N) is 1. The molecule has 0 saturated heterocycles. The first kappa shape index (κ1) is 13.9. The zero-order valence-corrected chi connectivity index (χ0v) is 11.1. The molecule has 1 aromatic rings. The average Bonchev–Trinajstić information content (AvgIpc) is 2.41. The molecule has 1 amide bonds. The van der Waals surface area contributed by atoms with E-state index >= 15 is 0 Å². The fourth-order valence-corrected chi connectivity index (χ4v) is 2.50. The normalized spacial score (nSPS) is 23.0. The largest absolute Gasteiger partial charge is 0.399 e. The van der Waals surface area contributed by atoms with Crippen LogP contribution in [0.25, 0.3) is 0 Å². The van der Waals surface area contributed by atoms with Crippen LogP contribution >= 0.6 is 0 Å². The molecule has 1 fully saturated rings. The molecule has 104 valence electrons. The first-order chi connectivity index (χ1) is 9.15. The topological polar surface area (TPSA) is 75.4 Å². The van der Waals surface area contributed by atoms with E-state index in [9.17, 15) is 9.90 Å². The van der Waals surface area contributed by atoms with Gasteiger partial charge >= 0.3 is 0 Å². The SMILES string of the molecule is Nc1ccc(CCC(=O)N[C@@H]2CCCC[C@H]2O)cc1. The Kier molecular flexibility index (Phi) is 4.80. The molecule has 1 aliphatic rings. The number of benzene rings is 1. The van der Waals surface area contributed by atoms with Crippen molar-refractivity contribution in [1.82, 2.24) is 5.32 Å². The highest BCUT2D eigenvalue weighted by Gasteiger charge is 2.24. The number of carbonyl (C=O) groups excluding carboxylic acids is 1. The summed E-state index contributed by atoms with van der Waals surface area (Å²) in [5, 5.41) is 12.7. The highest BCUT2D eigenvalue weighted by atomic mass is 16.3. The number of aryl methyl sites for hydroxylation is 1. The number of nitrogen functional groups attached to an aromatic ring is 1. The van der Waals surface area contributed by atoms with Crippen LogP contribution in [0.3, 0.4) is 0 Å². The molecule has 1 aromatic carbocycles. The van der Waals surface area contributed by atoms with Gasteiger partial charge in [-0.3, -0.25) is 4.79 Å². The average molecular weight is 262 g/mol. The molecule has 4 N–H and O–H groups in total. The Morgan fingerprint density at radius 3 is 2.63 bits per heavy atom. The first-order valence-electron chi connectivity index (χ1n) is 6.97. The predicted octanol–water partition coefficient (Wildman–Crippen LogP) is 1.62. The Morgan fingerprint density at radius 2 is 1.95 bits per heavy atom. The van der Waals surface area contributed by atoms with Gasteiger partial charge in [-0.15, -0.1) is 0 Å². The van der Waals surface area contributed by atoms with Crippen molar-refractivity contribution >= 4 is 11.6 Å². The molecule has 0 bridgehead atoms. The summed E-state index contributed by atoms with van der Waals surface area (Å²) in [4.78, 5) is 11.9. The van der Waals surface area contributed by atoms with Gasteiger partial charge in [0.2, 0.25) is 5.91 Å². The minimum absolute atomic E-state index is 0.0165. The maximum Gasteiger partial charge on any atom is 0.220 e. The highest BCUT2D eigenvalue weighted by molar-refractivity contribution is 5.76. The van der Waals surface area contributed by atoms with Crippen LogP contribution in [0, 0.1) is 0 Å². The van der Waals surface area contributed by atoms with Gasteiger partial charge in [0.1, 0.15) is 0 Å². The van der Waals surface area contributed by atoms with Crippen molar-refractivity contribution in [3.05, 3.63) is 29.8 Å². The van der Waals surface area contributed by atoms with Gasteiger partial charge in [-0.05, 0) is 37.0 Å². The Hall–Kier alpha value is -1.55. The van der Waals surface area contributed by atoms with Gasteiger partial charge in [0, 0.05) is 12.1 Å². The van der Waals surface area contributed by atoms with Crippen LogP contribution in [0.15, 0.2) is 24.3 Å². The molecule has 0 unspecified atom stereocenters. The van der Waals surface area contributed by atoms with Gasteiger partial charge in [-0.2, -0.15) is 0 Å².